The first-order valence-corrected chi connectivity index (χ1v) is 6.92. The molecule has 20 heavy (non-hydrogen) atoms. The Morgan fingerprint density at radius 1 is 1.25 bits per heavy atom. The number of nitrogens with zero attached hydrogens (tertiary/aromatic N) is 1. The van der Waals surface area contributed by atoms with Gasteiger partial charge in [-0.05, 0) is 49.4 Å². The van der Waals surface area contributed by atoms with Crippen molar-refractivity contribution in [3.63, 3.8) is 0 Å². The van der Waals surface area contributed by atoms with Crippen LogP contribution in [0.5, 0.6) is 5.75 Å². The van der Waals surface area contributed by atoms with Gasteiger partial charge in [0.15, 0.2) is 0 Å². The van der Waals surface area contributed by atoms with Gasteiger partial charge in [0.25, 0.3) is 0 Å². The monoisotopic (exact) mass is 270 g/mol. The number of rotatable bonds is 5. The lowest BCUT2D eigenvalue weighted by Crippen LogP contribution is -2.13. The minimum Gasteiger partial charge on any atom is -0.496 e. The van der Waals surface area contributed by atoms with Crippen molar-refractivity contribution in [2.75, 3.05) is 7.11 Å². The average molecular weight is 270 g/mol. The number of aryl methyl sites for hydroxylation is 2. The Morgan fingerprint density at radius 3 is 2.70 bits per heavy atom. The van der Waals surface area contributed by atoms with Crippen LogP contribution < -0.4 is 10.5 Å². The van der Waals surface area contributed by atoms with Crippen molar-refractivity contribution in [1.29, 1.82) is 0 Å². The number of hydrogen-bond acceptors (Lipinski definition) is 3. The second-order valence-electron chi connectivity index (χ2n) is 5.14. The molecule has 0 amide bonds. The average Bonchev–Trinajstić information content (AvgIpc) is 2.48. The number of pyridine rings is 1. The second kappa shape index (κ2) is 6.53. The van der Waals surface area contributed by atoms with Gasteiger partial charge >= 0.3 is 0 Å². The quantitative estimate of drug-likeness (QED) is 0.906. The highest BCUT2D eigenvalue weighted by atomic mass is 16.5. The summed E-state index contributed by atoms with van der Waals surface area (Å²) < 4.78 is 5.54. The molecule has 0 fully saturated rings. The maximum atomic E-state index is 6.34. The Hall–Kier alpha value is -1.87. The van der Waals surface area contributed by atoms with Gasteiger partial charge in [0.1, 0.15) is 5.75 Å². The first-order valence-electron chi connectivity index (χ1n) is 6.92. The van der Waals surface area contributed by atoms with Gasteiger partial charge in [0.05, 0.1) is 7.11 Å². The summed E-state index contributed by atoms with van der Waals surface area (Å²) in [5, 5.41) is 0. The fourth-order valence-corrected chi connectivity index (χ4v) is 2.40. The van der Waals surface area contributed by atoms with Crippen molar-refractivity contribution >= 4 is 0 Å². The van der Waals surface area contributed by atoms with Crippen molar-refractivity contribution in [2.45, 2.75) is 32.7 Å². The van der Waals surface area contributed by atoms with Gasteiger partial charge in [-0.1, -0.05) is 18.2 Å². The summed E-state index contributed by atoms with van der Waals surface area (Å²) >= 11 is 0. The zero-order valence-corrected chi connectivity index (χ0v) is 12.4. The van der Waals surface area contributed by atoms with Crippen LogP contribution in [0.15, 0.2) is 36.7 Å². The highest BCUT2D eigenvalue weighted by molar-refractivity contribution is 5.46. The van der Waals surface area contributed by atoms with E-state index in [1.54, 1.807) is 13.3 Å². The van der Waals surface area contributed by atoms with E-state index in [-0.39, 0.29) is 6.04 Å². The van der Waals surface area contributed by atoms with Gasteiger partial charge < -0.3 is 10.5 Å². The van der Waals surface area contributed by atoms with Crippen molar-refractivity contribution in [1.82, 2.24) is 4.98 Å². The summed E-state index contributed by atoms with van der Waals surface area (Å²) in [5.74, 6) is 0.920. The normalized spacial score (nSPS) is 12.2. The summed E-state index contributed by atoms with van der Waals surface area (Å²) in [6.45, 7) is 4.16. The van der Waals surface area contributed by atoms with E-state index < -0.39 is 0 Å². The molecule has 0 bridgehead atoms. The highest BCUT2D eigenvalue weighted by Crippen LogP contribution is 2.31. The summed E-state index contributed by atoms with van der Waals surface area (Å²) in [6.07, 6.45) is 5.48. The van der Waals surface area contributed by atoms with E-state index >= 15 is 0 Å². The summed E-state index contributed by atoms with van der Waals surface area (Å²) in [5.41, 5.74) is 11.0. The summed E-state index contributed by atoms with van der Waals surface area (Å²) in [7, 11) is 1.71. The third kappa shape index (κ3) is 3.17. The number of nitrogens with two attached hydrogens (primary N) is 1. The minimum atomic E-state index is -0.0237. The molecule has 1 aromatic heterocycles. The van der Waals surface area contributed by atoms with Crippen LogP contribution in [0.1, 0.15) is 34.7 Å². The first kappa shape index (κ1) is 14.5. The van der Waals surface area contributed by atoms with Crippen LogP contribution in [-0.2, 0) is 6.42 Å². The lowest BCUT2D eigenvalue weighted by molar-refractivity contribution is 0.400. The van der Waals surface area contributed by atoms with E-state index in [2.05, 4.69) is 37.0 Å². The Balaban J connectivity index is 2.13. The lowest BCUT2D eigenvalue weighted by Gasteiger charge is -2.18. The highest BCUT2D eigenvalue weighted by Gasteiger charge is 2.15. The van der Waals surface area contributed by atoms with E-state index in [1.165, 1.54) is 16.7 Å². The van der Waals surface area contributed by atoms with Crippen LogP contribution in [-0.4, -0.2) is 12.1 Å². The van der Waals surface area contributed by atoms with Crippen LogP contribution in [0.3, 0.4) is 0 Å². The van der Waals surface area contributed by atoms with Crippen molar-refractivity contribution < 1.29 is 4.74 Å². The minimum absolute atomic E-state index is 0.0237. The van der Waals surface area contributed by atoms with Gasteiger partial charge in [-0.15, -0.1) is 0 Å². The summed E-state index contributed by atoms with van der Waals surface area (Å²) in [6, 6.07) is 8.20. The third-order valence-corrected chi connectivity index (χ3v) is 3.78. The van der Waals surface area contributed by atoms with Gasteiger partial charge in [0, 0.05) is 24.0 Å². The zero-order valence-electron chi connectivity index (χ0n) is 12.4. The lowest BCUT2D eigenvalue weighted by atomic mass is 9.96. The Kier molecular flexibility index (Phi) is 4.74. The molecule has 106 valence electrons. The van der Waals surface area contributed by atoms with Gasteiger partial charge in [0.2, 0.25) is 0 Å². The van der Waals surface area contributed by atoms with Crippen LogP contribution in [0.25, 0.3) is 0 Å². The molecule has 1 heterocycles. The van der Waals surface area contributed by atoms with Gasteiger partial charge in [-0.3, -0.25) is 4.98 Å². The maximum absolute atomic E-state index is 6.34. The summed E-state index contributed by atoms with van der Waals surface area (Å²) in [4.78, 5) is 4.13. The molecule has 3 heteroatoms. The largest absolute Gasteiger partial charge is 0.496 e. The van der Waals surface area contributed by atoms with Crippen molar-refractivity contribution in [2.24, 2.45) is 5.73 Å². The molecule has 0 aliphatic carbocycles. The van der Waals surface area contributed by atoms with E-state index in [0.717, 1.165) is 24.2 Å². The molecular weight excluding hydrogens is 248 g/mol. The molecule has 3 nitrogen and oxygen atoms in total. The molecule has 2 N–H and O–H groups in total. The van der Waals surface area contributed by atoms with Crippen LogP contribution >= 0.6 is 0 Å². The van der Waals surface area contributed by atoms with Gasteiger partial charge in [-0.25, -0.2) is 0 Å². The first-order chi connectivity index (χ1) is 9.63. The molecule has 1 unspecified atom stereocenters. The van der Waals surface area contributed by atoms with E-state index in [0.29, 0.717) is 0 Å². The number of hydrogen-bond donors (Lipinski definition) is 1. The number of methoxy groups -OCH3 is 1. The van der Waals surface area contributed by atoms with E-state index in [4.69, 9.17) is 10.5 Å². The smallest absolute Gasteiger partial charge is 0.126 e. The Labute approximate surface area is 120 Å². The molecule has 0 spiro atoms. The Bertz CT molecular complexity index is 567. The molecular formula is C17H22N2O. The number of ether oxygens (including phenoxy) is 1. The van der Waals surface area contributed by atoms with E-state index in [9.17, 15) is 0 Å². The Morgan fingerprint density at radius 2 is 2.05 bits per heavy atom. The van der Waals surface area contributed by atoms with Gasteiger partial charge in [-0.2, -0.15) is 0 Å². The molecule has 0 aliphatic heterocycles. The van der Waals surface area contributed by atoms with Crippen LogP contribution in [0.2, 0.25) is 0 Å². The van der Waals surface area contributed by atoms with E-state index in [1.807, 2.05) is 12.3 Å². The fourth-order valence-electron chi connectivity index (χ4n) is 2.40. The molecule has 1 atom stereocenters. The molecule has 2 rings (SSSR count). The van der Waals surface area contributed by atoms with Crippen molar-refractivity contribution in [3.05, 3.63) is 58.9 Å². The second-order valence-corrected chi connectivity index (χ2v) is 5.14. The molecule has 0 saturated carbocycles. The molecule has 0 aliphatic rings. The number of benzene rings is 1. The molecule has 0 saturated heterocycles. The van der Waals surface area contributed by atoms with Crippen LogP contribution in [0.4, 0.5) is 0 Å². The van der Waals surface area contributed by atoms with Crippen LogP contribution in [0, 0.1) is 13.8 Å². The number of aromatic nitrogens is 1. The molecule has 2 aromatic rings. The van der Waals surface area contributed by atoms with Crippen molar-refractivity contribution in [3.8, 4) is 5.75 Å². The SMILES string of the molecule is COc1c(C(N)CCc2cccnc2)ccc(C)c1C. The third-order valence-electron chi connectivity index (χ3n) is 3.78. The standard InChI is InChI=1S/C17H22N2O/c1-12-6-8-15(17(20-3)13(12)2)16(18)9-7-14-5-4-10-19-11-14/h4-6,8,10-11,16H,7,9,18H2,1-3H3. The zero-order chi connectivity index (χ0) is 14.5. The fraction of sp³-hybridized carbons (Fsp3) is 0.353. The molecule has 1 aromatic carbocycles. The maximum Gasteiger partial charge on any atom is 0.126 e. The molecule has 0 radical (unpaired) electrons. The topological polar surface area (TPSA) is 48.1 Å². The predicted molar refractivity (Wildman–Crippen MR) is 82.0 cm³/mol. The predicted octanol–water partition coefficient (Wildman–Crippen LogP) is 3.34.